The zero-order valence-electron chi connectivity index (χ0n) is 14.4. The van der Waals surface area contributed by atoms with Crippen LogP contribution in [0.3, 0.4) is 0 Å². The van der Waals surface area contributed by atoms with Gasteiger partial charge in [0.2, 0.25) is 15.9 Å². The molecule has 10 heteroatoms. The Bertz CT molecular complexity index is 689. The number of nitrogens with two attached hydrogens (primary N) is 1. The molecule has 0 heterocycles. The van der Waals surface area contributed by atoms with Gasteiger partial charge in [-0.25, -0.2) is 21.9 Å². The molecule has 1 aromatic carbocycles. The van der Waals surface area contributed by atoms with E-state index in [0.29, 0.717) is 11.1 Å². The lowest BCUT2D eigenvalue weighted by atomic mass is 10.1. The van der Waals surface area contributed by atoms with Crippen molar-refractivity contribution >= 4 is 28.3 Å². The highest BCUT2D eigenvalue weighted by molar-refractivity contribution is 7.89. The highest BCUT2D eigenvalue weighted by Crippen LogP contribution is 2.21. The van der Waals surface area contributed by atoms with Crippen molar-refractivity contribution < 1.29 is 22.0 Å². The van der Waals surface area contributed by atoms with Crippen LogP contribution < -0.4 is 15.8 Å². The smallest absolute Gasteiger partial charge is 0.277 e. The van der Waals surface area contributed by atoms with Crippen molar-refractivity contribution in [3.8, 4) is 0 Å². The lowest BCUT2D eigenvalue weighted by Gasteiger charge is -2.15. The van der Waals surface area contributed by atoms with Gasteiger partial charge in [-0.1, -0.05) is 17.7 Å². The summed E-state index contributed by atoms with van der Waals surface area (Å²) in [6, 6.07) is 3.51. The van der Waals surface area contributed by atoms with Crippen LogP contribution in [0.1, 0.15) is 23.1 Å². The Labute approximate surface area is 153 Å². The highest BCUT2D eigenvalue weighted by Gasteiger charge is 2.27. The van der Waals surface area contributed by atoms with E-state index in [-0.39, 0.29) is 30.3 Å². The van der Waals surface area contributed by atoms with Crippen molar-refractivity contribution in [1.82, 2.24) is 10.0 Å². The van der Waals surface area contributed by atoms with Gasteiger partial charge in [-0.15, -0.1) is 12.4 Å². The SMILES string of the molecule is Cc1cc(C)c(S(=O)(=O)NCCC(=O)NCC(F)(F)CN)c(C)c1.Cl. The van der Waals surface area contributed by atoms with Crippen LogP contribution in [0.15, 0.2) is 17.0 Å². The monoisotopic (exact) mass is 399 g/mol. The second kappa shape index (κ2) is 9.42. The van der Waals surface area contributed by atoms with Crippen LogP contribution in [-0.2, 0) is 14.8 Å². The molecule has 144 valence electrons. The Morgan fingerprint density at radius 3 is 2.20 bits per heavy atom. The average Bonchev–Trinajstić information content (AvgIpc) is 2.43. The van der Waals surface area contributed by atoms with E-state index < -0.39 is 34.9 Å². The van der Waals surface area contributed by atoms with Gasteiger partial charge in [0, 0.05) is 13.0 Å². The molecule has 0 bridgehead atoms. The van der Waals surface area contributed by atoms with Gasteiger partial charge in [0.1, 0.15) is 0 Å². The molecule has 0 atom stereocenters. The van der Waals surface area contributed by atoms with Crippen LogP contribution in [-0.4, -0.2) is 39.9 Å². The molecule has 0 aliphatic rings. The molecule has 1 rings (SSSR count). The van der Waals surface area contributed by atoms with Gasteiger partial charge in [0.05, 0.1) is 18.0 Å². The first kappa shape index (κ1) is 23.7. The fourth-order valence-corrected chi connectivity index (χ4v) is 3.83. The third-order valence-electron chi connectivity index (χ3n) is 3.36. The van der Waals surface area contributed by atoms with Crippen molar-refractivity contribution in [2.24, 2.45) is 5.73 Å². The lowest BCUT2D eigenvalue weighted by Crippen LogP contribution is -2.42. The van der Waals surface area contributed by atoms with E-state index in [1.54, 1.807) is 26.0 Å². The molecule has 0 aliphatic carbocycles. The quantitative estimate of drug-likeness (QED) is 0.615. The number of nitrogens with one attached hydrogen (secondary N) is 2. The maximum atomic E-state index is 12.9. The predicted octanol–water partition coefficient (Wildman–Crippen LogP) is 1.41. The van der Waals surface area contributed by atoms with Crippen molar-refractivity contribution in [2.45, 2.75) is 38.0 Å². The van der Waals surface area contributed by atoms with Crippen LogP contribution in [0.4, 0.5) is 8.78 Å². The number of hydrogen-bond acceptors (Lipinski definition) is 4. The summed E-state index contributed by atoms with van der Waals surface area (Å²) >= 11 is 0. The summed E-state index contributed by atoms with van der Waals surface area (Å²) < 4.78 is 52.9. The summed E-state index contributed by atoms with van der Waals surface area (Å²) in [4.78, 5) is 11.7. The maximum Gasteiger partial charge on any atom is 0.277 e. The van der Waals surface area contributed by atoms with Gasteiger partial charge in [-0.05, 0) is 31.9 Å². The molecule has 4 N–H and O–H groups in total. The summed E-state index contributed by atoms with van der Waals surface area (Å²) in [7, 11) is -3.78. The summed E-state index contributed by atoms with van der Waals surface area (Å²) in [6.07, 6.45) is -0.246. The third-order valence-corrected chi connectivity index (χ3v) is 5.13. The van der Waals surface area contributed by atoms with Crippen LogP contribution >= 0.6 is 12.4 Å². The summed E-state index contributed by atoms with van der Waals surface area (Å²) in [6.45, 7) is 3.32. The van der Waals surface area contributed by atoms with Gasteiger partial charge >= 0.3 is 0 Å². The van der Waals surface area contributed by atoms with E-state index in [1.807, 2.05) is 12.2 Å². The first-order valence-electron chi connectivity index (χ1n) is 7.40. The van der Waals surface area contributed by atoms with Gasteiger partial charge in [-0.2, -0.15) is 0 Å². The number of hydrogen-bond donors (Lipinski definition) is 3. The fraction of sp³-hybridized carbons (Fsp3) is 0.533. The Morgan fingerprint density at radius 1 is 1.20 bits per heavy atom. The Kier molecular flexibility index (Phi) is 8.93. The first-order chi connectivity index (χ1) is 11.0. The second-order valence-corrected chi connectivity index (χ2v) is 7.42. The van der Waals surface area contributed by atoms with Gasteiger partial charge < -0.3 is 11.1 Å². The molecule has 0 spiro atoms. The van der Waals surface area contributed by atoms with Crippen LogP contribution in [0.5, 0.6) is 0 Å². The molecule has 0 aliphatic heterocycles. The Morgan fingerprint density at radius 2 is 1.72 bits per heavy atom. The number of aryl methyl sites for hydroxylation is 3. The number of benzene rings is 1. The normalized spacial score (nSPS) is 11.8. The number of alkyl halides is 2. The molecule has 25 heavy (non-hydrogen) atoms. The van der Waals surface area contributed by atoms with E-state index >= 15 is 0 Å². The number of rotatable bonds is 8. The minimum atomic E-state index is -3.78. The number of sulfonamides is 1. The molecular formula is C15H24ClF2N3O3S. The van der Waals surface area contributed by atoms with E-state index in [4.69, 9.17) is 5.73 Å². The number of halogens is 3. The van der Waals surface area contributed by atoms with Crippen molar-refractivity contribution in [3.63, 3.8) is 0 Å². The van der Waals surface area contributed by atoms with E-state index in [0.717, 1.165) is 5.56 Å². The zero-order chi connectivity index (χ0) is 18.5. The number of amides is 1. The highest BCUT2D eigenvalue weighted by atomic mass is 35.5. The Hall–Kier alpha value is -1.29. The fourth-order valence-electron chi connectivity index (χ4n) is 2.35. The summed E-state index contributed by atoms with van der Waals surface area (Å²) in [5.41, 5.74) is 7.02. The van der Waals surface area contributed by atoms with Crippen molar-refractivity contribution in [3.05, 3.63) is 28.8 Å². The molecule has 0 saturated carbocycles. The topological polar surface area (TPSA) is 101 Å². The van der Waals surface area contributed by atoms with Gasteiger partial charge in [0.15, 0.2) is 0 Å². The number of carbonyl (C=O) groups is 1. The van der Waals surface area contributed by atoms with Crippen LogP contribution in [0, 0.1) is 20.8 Å². The maximum absolute atomic E-state index is 12.9. The molecule has 1 amide bonds. The Balaban J connectivity index is 0.00000576. The predicted molar refractivity (Wildman–Crippen MR) is 94.7 cm³/mol. The van der Waals surface area contributed by atoms with Crippen molar-refractivity contribution in [1.29, 1.82) is 0 Å². The largest absolute Gasteiger partial charge is 0.350 e. The molecule has 0 aromatic heterocycles. The van der Waals surface area contributed by atoms with Crippen LogP contribution in [0.25, 0.3) is 0 Å². The summed E-state index contributed by atoms with van der Waals surface area (Å²) in [5.74, 6) is -3.85. The minimum Gasteiger partial charge on any atom is -0.350 e. The zero-order valence-corrected chi connectivity index (χ0v) is 16.0. The molecule has 0 fully saturated rings. The first-order valence-corrected chi connectivity index (χ1v) is 8.89. The third kappa shape index (κ3) is 7.23. The molecule has 1 aromatic rings. The van der Waals surface area contributed by atoms with E-state index in [2.05, 4.69) is 4.72 Å². The number of carbonyl (C=O) groups excluding carboxylic acids is 1. The average molecular weight is 400 g/mol. The molecule has 0 radical (unpaired) electrons. The molecule has 6 nitrogen and oxygen atoms in total. The van der Waals surface area contributed by atoms with Gasteiger partial charge in [0.25, 0.3) is 5.92 Å². The lowest BCUT2D eigenvalue weighted by molar-refractivity contribution is -0.122. The standard InChI is InChI=1S/C15H23F2N3O3S.ClH/c1-10-6-11(2)14(12(3)7-10)24(22,23)20-5-4-13(21)19-9-15(16,17)8-18;/h6-7,20H,4-5,8-9,18H2,1-3H3,(H,19,21);1H. The van der Waals surface area contributed by atoms with Gasteiger partial charge in [-0.3, -0.25) is 4.79 Å². The molecule has 0 unspecified atom stereocenters. The van der Waals surface area contributed by atoms with E-state index in [1.165, 1.54) is 0 Å². The van der Waals surface area contributed by atoms with Crippen molar-refractivity contribution in [2.75, 3.05) is 19.6 Å². The minimum absolute atomic E-state index is 0. The van der Waals surface area contributed by atoms with Crippen LogP contribution in [0.2, 0.25) is 0 Å². The molecule has 0 saturated heterocycles. The van der Waals surface area contributed by atoms with E-state index in [9.17, 15) is 22.0 Å². The second-order valence-electron chi connectivity index (χ2n) is 5.71. The summed E-state index contributed by atoms with van der Waals surface area (Å²) in [5, 5.41) is 2.03. The molecular weight excluding hydrogens is 376 g/mol.